The predicted molar refractivity (Wildman–Crippen MR) is 190 cm³/mol. The van der Waals surface area contributed by atoms with E-state index < -0.39 is 52.6 Å². The number of benzene rings is 2. The number of amides is 3. The van der Waals surface area contributed by atoms with Gasteiger partial charge in [0.2, 0.25) is 16.8 Å². The Labute approximate surface area is 311 Å². The Morgan fingerprint density at radius 2 is 1.79 bits per heavy atom. The summed E-state index contributed by atoms with van der Waals surface area (Å²) in [6.45, 7) is 6.63. The number of hydrogen-bond acceptors (Lipinski definition) is 11. The Bertz CT molecular complexity index is 1660. The summed E-state index contributed by atoms with van der Waals surface area (Å²) >= 11 is 0. The molecule has 3 saturated heterocycles. The van der Waals surface area contributed by atoms with Gasteiger partial charge in [0.25, 0.3) is 0 Å². The smallest absolute Gasteiger partial charge is 0.317 e. The number of carbonyl (C=O) groups is 2. The Morgan fingerprint density at radius 1 is 1.04 bits per heavy atom. The van der Waals surface area contributed by atoms with Crippen molar-refractivity contribution in [1.29, 1.82) is 0 Å². The first-order chi connectivity index (χ1) is 25.4. The highest BCUT2D eigenvalue weighted by Crippen LogP contribution is 2.38. The van der Waals surface area contributed by atoms with Crippen molar-refractivity contribution >= 4 is 22.1 Å². The number of nitrogens with one attached hydrogen (secondary N) is 1. The first-order valence-electron chi connectivity index (χ1n) is 18.4. The van der Waals surface area contributed by atoms with Gasteiger partial charge in [-0.3, -0.25) is 0 Å². The van der Waals surface area contributed by atoms with E-state index in [1.54, 1.807) is 4.90 Å². The van der Waals surface area contributed by atoms with Crippen LogP contribution in [0.25, 0.3) is 0 Å². The van der Waals surface area contributed by atoms with E-state index in [0.29, 0.717) is 76.6 Å². The van der Waals surface area contributed by atoms with Crippen molar-refractivity contribution in [2.45, 2.75) is 75.3 Å². The van der Waals surface area contributed by atoms with Crippen LogP contribution in [-0.2, 0) is 30.7 Å². The van der Waals surface area contributed by atoms with Crippen LogP contribution in [-0.4, -0.2) is 130 Å². The number of morpholine rings is 1. The molecule has 292 valence electrons. The van der Waals surface area contributed by atoms with Gasteiger partial charge in [0.05, 0.1) is 49.5 Å². The van der Waals surface area contributed by atoms with Crippen LogP contribution in [0.2, 0.25) is 0 Å². The molecule has 0 unspecified atom stereocenters. The molecule has 0 radical (unpaired) electrons. The Balaban J connectivity index is 1.22. The average molecular weight is 760 g/mol. The molecule has 4 aliphatic heterocycles. The summed E-state index contributed by atoms with van der Waals surface area (Å²) in [6.07, 6.45) is -0.769. The van der Waals surface area contributed by atoms with Crippen molar-refractivity contribution in [2.75, 3.05) is 65.9 Å². The topological polar surface area (TPSA) is 179 Å². The number of aliphatic hydroxyl groups is 1. The highest BCUT2D eigenvalue weighted by molar-refractivity contribution is 7.89. The van der Waals surface area contributed by atoms with E-state index >= 15 is 0 Å². The zero-order chi connectivity index (χ0) is 37.6. The number of hydrogen-bond donors (Lipinski definition) is 2. The molecule has 2 aromatic rings. The second kappa shape index (κ2) is 17.2. The largest absolute Gasteiger partial charge is 0.530 e. The third-order valence-electron chi connectivity index (χ3n) is 10.5. The maximum atomic E-state index is 14.5. The third-order valence-corrected chi connectivity index (χ3v) is 12.3. The first kappa shape index (κ1) is 39.0. The lowest BCUT2D eigenvalue weighted by Gasteiger charge is -2.43. The molecule has 2 N–H and O–H groups in total. The second-order valence-corrected chi connectivity index (χ2v) is 16.8. The van der Waals surface area contributed by atoms with Crippen LogP contribution in [0.15, 0.2) is 53.4 Å². The maximum absolute atomic E-state index is 14.5. The summed E-state index contributed by atoms with van der Waals surface area (Å²) in [4.78, 5) is 28.3. The number of nitrogens with zero attached hydrogens (tertiary/aromatic N) is 3. The molecule has 0 bridgehead atoms. The number of sulfonamides is 1. The maximum Gasteiger partial charge on any atom is 0.317 e. The number of unbranched alkanes of at least 4 members (excludes halogenated alkanes) is 1. The first-order valence-corrected chi connectivity index (χ1v) is 19.8. The second-order valence-electron chi connectivity index (χ2n) is 14.9. The standard InChI is InChI=1S/C37H52N4O11S/c1-37(2,13-6-7-14-38-35(43)39-15-18-48-19-16-39)24-40(53(46,47)27-10-11-32-33(21-27)52-25-51-32)22-31(42)29(20-26-8-4-3-5-9-26)41(36(44)45)30-23-50-34-28(30)12-17-49-34/h3-5,8-11,21,28-31,34,42H,6-7,12-20,22-25H2,1-2H3,(H,38,43)(H,44,45)/p-1/t28-,29-,30-,31+,34+/m0/s1. The number of urea groups is 1. The minimum Gasteiger partial charge on any atom is -0.530 e. The average Bonchev–Trinajstić information content (AvgIpc) is 3.90. The van der Waals surface area contributed by atoms with E-state index in [1.807, 2.05) is 44.2 Å². The van der Waals surface area contributed by atoms with Gasteiger partial charge in [-0.15, -0.1) is 0 Å². The molecule has 3 amide bonds. The molecule has 53 heavy (non-hydrogen) atoms. The molecule has 0 spiro atoms. The fraction of sp³-hybridized carbons (Fsp3) is 0.622. The normalized spacial score (nSPS) is 22.4. The van der Waals surface area contributed by atoms with Gasteiger partial charge in [-0.05, 0) is 48.8 Å². The van der Waals surface area contributed by atoms with Crippen LogP contribution < -0.4 is 19.9 Å². The SMILES string of the molecule is CC(C)(CCCCNC(=O)N1CCOCC1)CN(C[C@@H](O)[C@H](Cc1ccccc1)N(C(=O)[O-])[C@H]1CO[C@H]2OCC[C@H]21)S(=O)(=O)c1ccc2c(c1)OCO2. The molecule has 6 rings (SSSR count). The monoisotopic (exact) mass is 759 g/mol. The molecule has 0 aliphatic carbocycles. The van der Waals surface area contributed by atoms with E-state index in [-0.39, 0.29) is 43.2 Å². The highest BCUT2D eigenvalue weighted by Gasteiger charge is 2.47. The van der Waals surface area contributed by atoms with Crippen LogP contribution in [0.1, 0.15) is 45.1 Å². The molecule has 0 aromatic heterocycles. The highest BCUT2D eigenvalue weighted by atomic mass is 32.2. The van der Waals surface area contributed by atoms with E-state index in [2.05, 4.69) is 5.32 Å². The molecule has 0 saturated carbocycles. The van der Waals surface area contributed by atoms with Crippen molar-refractivity contribution in [1.82, 2.24) is 19.4 Å². The van der Waals surface area contributed by atoms with Gasteiger partial charge >= 0.3 is 6.03 Å². The van der Waals surface area contributed by atoms with Crippen LogP contribution in [0.5, 0.6) is 11.5 Å². The number of ether oxygens (including phenoxy) is 5. The number of carbonyl (C=O) groups excluding carboxylic acids is 2. The molecule has 5 atom stereocenters. The molecule has 2 aromatic carbocycles. The van der Waals surface area contributed by atoms with Gasteiger partial charge in [-0.25, -0.2) is 13.2 Å². The summed E-state index contributed by atoms with van der Waals surface area (Å²) in [5.41, 5.74) is 0.195. The van der Waals surface area contributed by atoms with Crippen molar-refractivity contribution < 1.29 is 51.9 Å². The van der Waals surface area contributed by atoms with Gasteiger partial charge in [-0.2, -0.15) is 4.31 Å². The minimum atomic E-state index is -4.26. The summed E-state index contributed by atoms with van der Waals surface area (Å²) in [7, 11) is -4.26. The van der Waals surface area contributed by atoms with Gasteiger partial charge in [0.15, 0.2) is 17.8 Å². The molecule has 4 aliphatic rings. The van der Waals surface area contributed by atoms with Crippen molar-refractivity contribution in [3.63, 3.8) is 0 Å². The lowest BCUT2D eigenvalue weighted by Crippen LogP contribution is -2.61. The third kappa shape index (κ3) is 9.53. The van der Waals surface area contributed by atoms with Crippen LogP contribution in [0, 0.1) is 11.3 Å². The zero-order valence-corrected chi connectivity index (χ0v) is 31.2. The molecule has 16 heteroatoms. The quantitative estimate of drug-likeness (QED) is 0.239. The van der Waals surface area contributed by atoms with E-state index in [0.717, 1.165) is 10.5 Å². The van der Waals surface area contributed by atoms with Crippen LogP contribution in [0.3, 0.4) is 0 Å². The Morgan fingerprint density at radius 3 is 2.55 bits per heavy atom. The predicted octanol–water partition coefficient (Wildman–Crippen LogP) is 2.02. The minimum absolute atomic E-state index is 0.0232. The van der Waals surface area contributed by atoms with Gasteiger partial charge < -0.3 is 53.8 Å². The van der Waals surface area contributed by atoms with Crippen molar-refractivity contribution in [3.8, 4) is 11.5 Å². The van der Waals surface area contributed by atoms with Gasteiger partial charge in [0, 0.05) is 44.7 Å². The van der Waals surface area contributed by atoms with E-state index in [1.165, 1.54) is 22.5 Å². The lowest BCUT2D eigenvalue weighted by molar-refractivity contribution is -0.273. The fourth-order valence-electron chi connectivity index (χ4n) is 7.64. The number of carboxylic acid groups (broad SMARTS) is 1. The van der Waals surface area contributed by atoms with E-state index in [9.17, 15) is 28.2 Å². The molecule has 15 nitrogen and oxygen atoms in total. The molecule has 3 fully saturated rings. The zero-order valence-electron chi connectivity index (χ0n) is 30.4. The molecular formula is C37H51N4O11S-. The number of rotatable bonds is 16. The van der Waals surface area contributed by atoms with Crippen molar-refractivity contribution in [3.05, 3.63) is 54.1 Å². The van der Waals surface area contributed by atoms with Crippen LogP contribution in [0.4, 0.5) is 9.59 Å². The summed E-state index contributed by atoms with van der Waals surface area (Å²) < 4.78 is 58.0. The fourth-order valence-corrected chi connectivity index (χ4v) is 9.31. The van der Waals surface area contributed by atoms with Gasteiger partial charge in [0.1, 0.15) is 6.09 Å². The summed E-state index contributed by atoms with van der Waals surface area (Å²) in [5, 5.41) is 28.0. The lowest BCUT2D eigenvalue weighted by atomic mass is 9.87. The van der Waals surface area contributed by atoms with Gasteiger partial charge in [-0.1, -0.05) is 50.6 Å². The molecule has 4 heterocycles. The Hall–Kier alpha value is -3.67. The summed E-state index contributed by atoms with van der Waals surface area (Å²) in [5.74, 6) is 0.478. The summed E-state index contributed by atoms with van der Waals surface area (Å²) in [6, 6.07) is 11.7. The number of aliphatic hydroxyl groups excluding tert-OH is 1. The van der Waals surface area contributed by atoms with E-state index in [4.69, 9.17) is 23.7 Å². The van der Waals surface area contributed by atoms with Crippen molar-refractivity contribution in [2.24, 2.45) is 11.3 Å². The Kier molecular flexibility index (Phi) is 12.7. The van der Waals surface area contributed by atoms with Crippen LogP contribution >= 0.6 is 0 Å². The molecular weight excluding hydrogens is 708 g/mol. The number of fused-ring (bicyclic) bond motifs is 2.